The number of aromatic nitrogens is 1. The van der Waals surface area contributed by atoms with Crippen molar-refractivity contribution in [1.29, 1.82) is 0 Å². The van der Waals surface area contributed by atoms with Crippen LogP contribution >= 0.6 is 0 Å². The lowest BCUT2D eigenvalue weighted by atomic mass is 9.97. The summed E-state index contributed by atoms with van der Waals surface area (Å²) in [6.45, 7) is 6.19. The van der Waals surface area contributed by atoms with E-state index in [2.05, 4.69) is 23.7 Å². The summed E-state index contributed by atoms with van der Waals surface area (Å²) < 4.78 is 5.65. The van der Waals surface area contributed by atoms with Crippen LogP contribution in [0.5, 0.6) is 5.88 Å². The largest absolute Gasteiger partial charge is 0.476 e. The molecule has 0 aliphatic carbocycles. The van der Waals surface area contributed by atoms with E-state index in [9.17, 15) is 4.79 Å². The van der Waals surface area contributed by atoms with Gasteiger partial charge in [0.25, 0.3) is 0 Å². The van der Waals surface area contributed by atoms with Gasteiger partial charge in [0, 0.05) is 13.1 Å². The molecular weight excluding hydrogens is 268 g/mol. The molecule has 1 aliphatic rings. The normalized spacial score (nSPS) is 18.8. The van der Waals surface area contributed by atoms with Gasteiger partial charge in [-0.25, -0.2) is 0 Å². The van der Waals surface area contributed by atoms with Gasteiger partial charge in [-0.1, -0.05) is 13.8 Å². The number of primary amides is 1. The molecule has 2 heterocycles. The Kier molecular flexibility index (Phi) is 4.88. The van der Waals surface area contributed by atoms with Crippen LogP contribution in [-0.4, -0.2) is 30.6 Å². The number of carbonyl (C=O) groups is 1. The van der Waals surface area contributed by atoms with Crippen molar-refractivity contribution in [2.75, 3.05) is 30.3 Å². The summed E-state index contributed by atoms with van der Waals surface area (Å²) in [6.07, 6.45) is 1.78. The van der Waals surface area contributed by atoms with Gasteiger partial charge in [0.1, 0.15) is 5.82 Å². The molecule has 1 aromatic rings. The molecule has 0 bridgehead atoms. The molecule has 0 spiro atoms. The third kappa shape index (κ3) is 4.00. The number of pyridine rings is 1. The Morgan fingerprint density at radius 3 is 2.95 bits per heavy atom. The van der Waals surface area contributed by atoms with Crippen LogP contribution in [0.4, 0.5) is 11.5 Å². The highest BCUT2D eigenvalue weighted by Gasteiger charge is 2.25. The molecule has 0 radical (unpaired) electrons. The molecule has 1 amide bonds. The van der Waals surface area contributed by atoms with Crippen molar-refractivity contribution < 1.29 is 9.53 Å². The smallest absolute Gasteiger partial charge is 0.239 e. The van der Waals surface area contributed by atoms with Crippen LogP contribution in [0.1, 0.15) is 26.7 Å². The molecule has 6 nitrogen and oxygen atoms in total. The van der Waals surface area contributed by atoms with Crippen molar-refractivity contribution >= 4 is 17.4 Å². The number of nitrogen functional groups attached to an aromatic ring is 1. The van der Waals surface area contributed by atoms with Crippen molar-refractivity contribution in [3.05, 3.63) is 12.1 Å². The summed E-state index contributed by atoms with van der Waals surface area (Å²) in [4.78, 5) is 17.9. The molecule has 21 heavy (non-hydrogen) atoms. The minimum Gasteiger partial charge on any atom is -0.476 e. The van der Waals surface area contributed by atoms with Gasteiger partial charge in [0.05, 0.1) is 18.2 Å². The van der Waals surface area contributed by atoms with E-state index in [1.807, 2.05) is 6.07 Å². The maximum Gasteiger partial charge on any atom is 0.239 e. The van der Waals surface area contributed by atoms with E-state index in [4.69, 9.17) is 16.2 Å². The van der Waals surface area contributed by atoms with Gasteiger partial charge in [-0.3, -0.25) is 4.79 Å². The van der Waals surface area contributed by atoms with Crippen LogP contribution in [0.15, 0.2) is 12.1 Å². The highest BCUT2D eigenvalue weighted by molar-refractivity contribution is 5.77. The second kappa shape index (κ2) is 6.65. The Hall–Kier alpha value is -1.98. The Morgan fingerprint density at radius 1 is 1.52 bits per heavy atom. The third-order valence-corrected chi connectivity index (χ3v) is 3.58. The van der Waals surface area contributed by atoms with Crippen LogP contribution < -0.4 is 21.1 Å². The van der Waals surface area contributed by atoms with E-state index < -0.39 is 0 Å². The number of hydrogen-bond donors (Lipinski definition) is 2. The van der Waals surface area contributed by atoms with Gasteiger partial charge in [-0.15, -0.1) is 0 Å². The Morgan fingerprint density at radius 2 is 2.29 bits per heavy atom. The molecule has 0 aromatic carbocycles. The van der Waals surface area contributed by atoms with Crippen LogP contribution in [0.2, 0.25) is 0 Å². The summed E-state index contributed by atoms with van der Waals surface area (Å²) >= 11 is 0. The lowest BCUT2D eigenvalue weighted by Gasteiger charge is -2.32. The van der Waals surface area contributed by atoms with E-state index in [-0.39, 0.29) is 11.8 Å². The van der Waals surface area contributed by atoms with E-state index >= 15 is 0 Å². The molecule has 4 N–H and O–H groups in total. The van der Waals surface area contributed by atoms with Crippen molar-refractivity contribution in [3.8, 4) is 5.88 Å². The molecule has 1 aliphatic heterocycles. The first-order valence-corrected chi connectivity index (χ1v) is 7.41. The van der Waals surface area contributed by atoms with Gasteiger partial charge >= 0.3 is 0 Å². The first-order valence-electron chi connectivity index (χ1n) is 7.41. The molecule has 1 aromatic heterocycles. The second-order valence-corrected chi connectivity index (χ2v) is 5.96. The fourth-order valence-electron chi connectivity index (χ4n) is 2.40. The van der Waals surface area contributed by atoms with Gasteiger partial charge in [0.15, 0.2) is 0 Å². The van der Waals surface area contributed by atoms with Gasteiger partial charge in [-0.05, 0) is 30.9 Å². The standard InChI is InChI=1S/C15H24N4O2/c1-10(2)9-21-15-12(16)5-6-13(18-15)19-7-3-4-11(8-19)14(17)20/h5-6,10-11H,3-4,7-9,16H2,1-2H3,(H2,17,20). The molecule has 6 heteroatoms. The average molecular weight is 292 g/mol. The lowest BCUT2D eigenvalue weighted by molar-refractivity contribution is -0.122. The lowest BCUT2D eigenvalue weighted by Crippen LogP contribution is -2.41. The number of carbonyl (C=O) groups excluding carboxylic acids is 1. The fourth-order valence-corrected chi connectivity index (χ4v) is 2.40. The molecule has 1 fully saturated rings. The molecule has 1 unspecified atom stereocenters. The van der Waals surface area contributed by atoms with Crippen molar-refractivity contribution in [2.45, 2.75) is 26.7 Å². The van der Waals surface area contributed by atoms with Crippen LogP contribution in [0.25, 0.3) is 0 Å². The summed E-state index contributed by atoms with van der Waals surface area (Å²) in [5, 5.41) is 0. The SMILES string of the molecule is CC(C)COc1nc(N2CCCC(C(N)=O)C2)ccc1N. The van der Waals surface area contributed by atoms with E-state index in [0.717, 1.165) is 25.2 Å². The van der Waals surface area contributed by atoms with E-state index in [1.165, 1.54) is 0 Å². The maximum atomic E-state index is 11.4. The zero-order valence-electron chi connectivity index (χ0n) is 12.7. The summed E-state index contributed by atoms with van der Waals surface area (Å²) in [6, 6.07) is 3.66. The Bertz CT molecular complexity index is 504. The molecule has 0 saturated carbocycles. The number of nitrogens with two attached hydrogens (primary N) is 2. The number of piperidine rings is 1. The average Bonchev–Trinajstić information content (AvgIpc) is 2.46. The van der Waals surface area contributed by atoms with Gasteiger partial charge < -0.3 is 21.1 Å². The number of nitrogens with zero attached hydrogens (tertiary/aromatic N) is 2. The fraction of sp³-hybridized carbons (Fsp3) is 0.600. The monoisotopic (exact) mass is 292 g/mol. The van der Waals surface area contributed by atoms with Crippen molar-refractivity contribution in [3.63, 3.8) is 0 Å². The summed E-state index contributed by atoms with van der Waals surface area (Å²) in [5.41, 5.74) is 11.8. The molecule has 2 rings (SSSR count). The maximum absolute atomic E-state index is 11.4. The van der Waals surface area contributed by atoms with Crippen LogP contribution in [-0.2, 0) is 4.79 Å². The summed E-state index contributed by atoms with van der Waals surface area (Å²) in [5.74, 6) is 1.30. The van der Waals surface area contributed by atoms with Gasteiger partial charge in [0.2, 0.25) is 11.8 Å². The molecule has 1 atom stereocenters. The van der Waals surface area contributed by atoms with Crippen LogP contribution in [0, 0.1) is 11.8 Å². The zero-order chi connectivity index (χ0) is 15.4. The minimum atomic E-state index is -0.244. The molecule has 1 saturated heterocycles. The van der Waals surface area contributed by atoms with E-state index in [0.29, 0.717) is 30.6 Å². The highest BCUT2D eigenvalue weighted by atomic mass is 16.5. The number of anilines is 2. The van der Waals surface area contributed by atoms with E-state index in [1.54, 1.807) is 6.07 Å². The third-order valence-electron chi connectivity index (χ3n) is 3.58. The minimum absolute atomic E-state index is 0.113. The quantitative estimate of drug-likeness (QED) is 0.855. The zero-order valence-corrected chi connectivity index (χ0v) is 12.7. The first kappa shape index (κ1) is 15.4. The predicted octanol–water partition coefficient (Wildman–Crippen LogP) is 1.40. The second-order valence-electron chi connectivity index (χ2n) is 5.96. The van der Waals surface area contributed by atoms with Crippen molar-refractivity contribution in [2.24, 2.45) is 17.6 Å². The number of hydrogen-bond acceptors (Lipinski definition) is 5. The molecule has 116 valence electrons. The number of amides is 1. The molecular formula is C15H24N4O2. The first-order chi connectivity index (χ1) is 9.97. The predicted molar refractivity (Wildman–Crippen MR) is 83.1 cm³/mol. The highest BCUT2D eigenvalue weighted by Crippen LogP contribution is 2.27. The summed E-state index contributed by atoms with van der Waals surface area (Å²) in [7, 11) is 0. The van der Waals surface area contributed by atoms with Crippen molar-refractivity contribution in [1.82, 2.24) is 4.98 Å². The van der Waals surface area contributed by atoms with Gasteiger partial charge in [-0.2, -0.15) is 4.98 Å². The Labute approximate surface area is 125 Å². The number of rotatable bonds is 5. The Balaban J connectivity index is 2.12. The van der Waals surface area contributed by atoms with Crippen LogP contribution in [0.3, 0.4) is 0 Å². The number of ether oxygens (including phenoxy) is 1. The topological polar surface area (TPSA) is 94.5 Å².